The van der Waals surface area contributed by atoms with Gasteiger partial charge in [-0.2, -0.15) is 0 Å². The third-order valence-electron chi connectivity index (χ3n) is 3.60. The lowest BCUT2D eigenvalue weighted by atomic mass is 9.86. The molecular formula is C13H26N2O2. The van der Waals surface area contributed by atoms with E-state index >= 15 is 0 Å². The van der Waals surface area contributed by atoms with E-state index in [0.29, 0.717) is 6.54 Å². The number of hydrogen-bond donors (Lipinski definition) is 3. The number of rotatable bonds is 7. The molecule has 0 saturated heterocycles. The van der Waals surface area contributed by atoms with E-state index in [0.717, 1.165) is 12.3 Å². The Bertz CT molecular complexity index is 215. The van der Waals surface area contributed by atoms with Gasteiger partial charge in [-0.3, -0.25) is 4.79 Å². The summed E-state index contributed by atoms with van der Waals surface area (Å²) in [5, 5.41) is 11.4. The smallest absolute Gasteiger partial charge is 0.239 e. The van der Waals surface area contributed by atoms with Crippen molar-refractivity contribution in [2.24, 2.45) is 11.7 Å². The molecule has 0 bridgehead atoms. The first-order chi connectivity index (χ1) is 8.24. The van der Waals surface area contributed by atoms with Gasteiger partial charge in [0.15, 0.2) is 0 Å². The number of unbranched alkanes of at least 4 members (excludes halogenated alkanes) is 1. The highest BCUT2D eigenvalue weighted by Gasteiger charge is 2.13. The number of hydrogen-bond acceptors (Lipinski definition) is 3. The third-order valence-corrected chi connectivity index (χ3v) is 3.60. The van der Waals surface area contributed by atoms with Gasteiger partial charge in [0.2, 0.25) is 5.91 Å². The zero-order chi connectivity index (χ0) is 12.5. The molecule has 0 spiro atoms. The molecule has 0 aromatic rings. The van der Waals surface area contributed by atoms with E-state index in [1.165, 1.54) is 44.9 Å². The van der Waals surface area contributed by atoms with Crippen molar-refractivity contribution >= 4 is 5.91 Å². The number of aliphatic hydroxyl groups is 1. The van der Waals surface area contributed by atoms with Gasteiger partial charge < -0.3 is 16.2 Å². The highest BCUT2D eigenvalue weighted by Crippen LogP contribution is 2.27. The van der Waals surface area contributed by atoms with Crippen molar-refractivity contribution in [3.8, 4) is 0 Å². The Labute approximate surface area is 104 Å². The lowest BCUT2D eigenvalue weighted by Crippen LogP contribution is -2.43. The van der Waals surface area contributed by atoms with E-state index in [4.69, 9.17) is 10.8 Å². The van der Waals surface area contributed by atoms with Gasteiger partial charge in [-0.1, -0.05) is 44.9 Å². The molecule has 0 unspecified atom stereocenters. The van der Waals surface area contributed by atoms with Crippen molar-refractivity contribution in [3.05, 3.63) is 0 Å². The van der Waals surface area contributed by atoms with Gasteiger partial charge in [0.1, 0.15) is 6.04 Å². The molecule has 0 aromatic carbocycles. The molecule has 0 heterocycles. The zero-order valence-corrected chi connectivity index (χ0v) is 10.7. The molecule has 0 radical (unpaired) electrons. The molecule has 0 aliphatic heterocycles. The summed E-state index contributed by atoms with van der Waals surface area (Å²) >= 11 is 0. The lowest BCUT2D eigenvalue weighted by Gasteiger charge is -2.21. The van der Waals surface area contributed by atoms with Crippen molar-refractivity contribution in [3.63, 3.8) is 0 Å². The molecule has 0 aromatic heterocycles. The summed E-state index contributed by atoms with van der Waals surface area (Å²) in [6, 6.07) is -0.770. The predicted octanol–water partition coefficient (Wildman–Crippen LogP) is 1.17. The normalized spacial score (nSPS) is 18.9. The Kier molecular flexibility index (Phi) is 7.21. The quantitative estimate of drug-likeness (QED) is 0.587. The number of nitrogens with two attached hydrogens (primary N) is 1. The van der Waals surface area contributed by atoms with Crippen molar-refractivity contribution in [2.45, 2.75) is 57.4 Å². The van der Waals surface area contributed by atoms with E-state index in [2.05, 4.69) is 5.32 Å². The molecule has 17 heavy (non-hydrogen) atoms. The Morgan fingerprint density at radius 3 is 2.65 bits per heavy atom. The second-order valence-electron chi connectivity index (χ2n) is 5.08. The van der Waals surface area contributed by atoms with Gasteiger partial charge in [-0.25, -0.2) is 0 Å². The summed E-state index contributed by atoms with van der Waals surface area (Å²) in [4.78, 5) is 11.2. The van der Waals surface area contributed by atoms with Crippen LogP contribution in [0.15, 0.2) is 0 Å². The van der Waals surface area contributed by atoms with Crippen LogP contribution in [0.25, 0.3) is 0 Å². The predicted molar refractivity (Wildman–Crippen MR) is 68.5 cm³/mol. The molecule has 1 fully saturated rings. The molecule has 1 aliphatic rings. The van der Waals surface area contributed by atoms with Crippen molar-refractivity contribution in [1.29, 1.82) is 0 Å². The maximum atomic E-state index is 11.2. The van der Waals surface area contributed by atoms with Gasteiger partial charge in [-0.15, -0.1) is 0 Å². The van der Waals surface area contributed by atoms with E-state index < -0.39 is 6.04 Å². The summed E-state index contributed by atoms with van der Waals surface area (Å²) in [6.45, 7) is 0.396. The number of nitrogens with one attached hydrogen (secondary N) is 1. The second-order valence-corrected chi connectivity index (χ2v) is 5.08. The Hall–Kier alpha value is -0.610. The van der Waals surface area contributed by atoms with Crippen molar-refractivity contribution in [1.82, 2.24) is 5.32 Å². The topological polar surface area (TPSA) is 75.3 Å². The maximum Gasteiger partial charge on any atom is 0.239 e. The van der Waals surface area contributed by atoms with E-state index in [9.17, 15) is 4.79 Å². The Balaban J connectivity index is 1.95. The van der Waals surface area contributed by atoms with E-state index in [-0.39, 0.29) is 12.5 Å². The molecule has 4 N–H and O–H groups in total. The fraction of sp³-hybridized carbons (Fsp3) is 0.923. The van der Waals surface area contributed by atoms with Gasteiger partial charge in [-0.05, 0) is 12.3 Å². The molecule has 1 saturated carbocycles. The largest absolute Gasteiger partial charge is 0.394 e. The van der Waals surface area contributed by atoms with Gasteiger partial charge in [0.25, 0.3) is 0 Å². The van der Waals surface area contributed by atoms with Crippen LogP contribution in [0.4, 0.5) is 0 Å². The highest BCUT2D eigenvalue weighted by atomic mass is 16.3. The van der Waals surface area contributed by atoms with Crippen LogP contribution >= 0.6 is 0 Å². The minimum absolute atomic E-state index is 0.245. The summed E-state index contributed by atoms with van der Waals surface area (Å²) < 4.78 is 0. The number of carbonyl (C=O) groups is 1. The standard InChI is InChI=1S/C13H26N2O2/c14-12(10-16)13(17)15-9-5-4-8-11-6-2-1-3-7-11/h11-12,16H,1-10,14H2,(H,15,17)/t12-/m1/s1. The van der Waals surface area contributed by atoms with E-state index in [1.54, 1.807) is 0 Å². The number of aliphatic hydroxyl groups excluding tert-OH is 1. The minimum Gasteiger partial charge on any atom is -0.394 e. The summed E-state index contributed by atoms with van der Waals surface area (Å²) in [5.41, 5.74) is 5.39. The van der Waals surface area contributed by atoms with Crippen LogP contribution in [0.3, 0.4) is 0 Å². The first kappa shape index (κ1) is 14.5. The number of amides is 1. The van der Waals surface area contributed by atoms with Crippen LogP contribution in [0.5, 0.6) is 0 Å². The SMILES string of the molecule is N[C@H](CO)C(=O)NCCCCC1CCCCC1. The molecule has 1 rings (SSSR count). The van der Waals surface area contributed by atoms with Crippen LogP contribution in [0.1, 0.15) is 51.4 Å². The summed E-state index contributed by atoms with van der Waals surface area (Å²) in [6.07, 6.45) is 10.5. The van der Waals surface area contributed by atoms with Crippen molar-refractivity contribution in [2.75, 3.05) is 13.2 Å². The van der Waals surface area contributed by atoms with Gasteiger partial charge in [0, 0.05) is 6.54 Å². The molecule has 4 heteroatoms. The number of carbonyl (C=O) groups excluding carboxylic acids is 1. The molecule has 1 amide bonds. The monoisotopic (exact) mass is 242 g/mol. The lowest BCUT2D eigenvalue weighted by molar-refractivity contribution is -0.123. The zero-order valence-electron chi connectivity index (χ0n) is 10.7. The van der Waals surface area contributed by atoms with Gasteiger partial charge in [0.05, 0.1) is 6.61 Å². The van der Waals surface area contributed by atoms with Gasteiger partial charge >= 0.3 is 0 Å². The first-order valence-electron chi connectivity index (χ1n) is 6.88. The Morgan fingerprint density at radius 1 is 1.29 bits per heavy atom. The minimum atomic E-state index is -0.770. The highest BCUT2D eigenvalue weighted by molar-refractivity contribution is 5.81. The Morgan fingerprint density at radius 2 is 2.00 bits per heavy atom. The average Bonchev–Trinajstić information content (AvgIpc) is 2.38. The first-order valence-corrected chi connectivity index (χ1v) is 6.88. The molecule has 100 valence electrons. The second kappa shape index (κ2) is 8.48. The van der Waals surface area contributed by atoms with E-state index in [1.807, 2.05) is 0 Å². The fourth-order valence-electron chi connectivity index (χ4n) is 2.46. The average molecular weight is 242 g/mol. The molecule has 1 atom stereocenters. The van der Waals surface area contributed by atoms with Crippen LogP contribution in [0.2, 0.25) is 0 Å². The summed E-state index contributed by atoms with van der Waals surface area (Å²) in [5.74, 6) is 0.671. The molecule has 1 aliphatic carbocycles. The van der Waals surface area contributed by atoms with Crippen LogP contribution in [0, 0.1) is 5.92 Å². The van der Waals surface area contributed by atoms with Crippen LogP contribution < -0.4 is 11.1 Å². The van der Waals surface area contributed by atoms with Crippen molar-refractivity contribution < 1.29 is 9.90 Å². The fourth-order valence-corrected chi connectivity index (χ4v) is 2.46. The maximum absolute atomic E-state index is 11.2. The van der Waals surface area contributed by atoms with Crippen LogP contribution in [-0.4, -0.2) is 30.2 Å². The third kappa shape index (κ3) is 6.03. The summed E-state index contributed by atoms with van der Waals surface area (Å²) in [7, 11) is 0. The van der Waals surface area contributed by atoms with Crippen LogP contribution in [-0.2, 0) is 4.79 Å². The molecular weight excluding hydrogens is 216 g/mol. The molecule has 4 nitrogen and oxygen atoms in total.